The number of halogens is 1. The molecule has 2 rings (SSSR count). The lowest BCUT2D eigenvalue weighted by Crippen LogP contribution is -2.25. The minimum Gasteiger partial charge on any atom is -0.494 e. The smallest absolute Gasteiger partial charge is 0.356 e. The highest BCUT2D eigenvalue weighted by atomic mass is 28.3. The Bertz CT molecular complexity index is 1040. The fourth-order valence-electron chi connectivity index (χ4n) is 3.45. The molecule has 0 aliphatic rings. The zero-order chi connectivity index (χ0) is 27.1. The first-order valence-electron chi connectivity index (χ1n) is 12.1. The van der Waals surface area contributed by atoms with E-state index in [1.807, 2.05) is 0 Å². The summed E-state index contributed by atoms with van der Waals surface area (Å²) in [5.41, 5.74) is 0.413. The summed E-state index contributed by atoms with van der Waals surface area (Å²) in [6, 6.07) is 7.00. The van der Waals surface area contributed by atoms with Crippen LogP contribution in [0.5, 0.6) is 5.75 Å². The number of rotatable bonds is 12. The topological polar surface area (TPSA) is 88.9 Å². The fourth-order valence-corrected chi connectivity index (χ4v) is 4.20. The van der Waals surface area contributed by atoms with Crippen LogP contribution in [-0.2, 0) is 25.7 Å². The van der Waals surface area contributed by atoms with E-state index in [9.17, 15) is 14.0 Å². The van der Waals surface area contributed by atoms with Gasteiger partial charge in [-0.1, -0.05) is 25.7 Å². The average molecular weight is 523 g/mol. The maximum absolute atomic E-state index is 14.6. The molecule has 10 heteroatoms. The maximum Gasteiger partial charge on any atom is 0.356 e. The molecule has 0 saturated carbocycles. The number of hydrogen-bond donors (Lipinski definition) is 0. The summed E-state index contributed by atoms with van der Waals surface area (Å²) >= 11 is 0. The van der Waals surface area contributed by atoms with Gasteiger partial charge in [0.1, 0.15) is 18.0 Å². The Morgan fingerprint density at radius 1 is 1.17 bits per heavy atom. The number of aromatic nitrogens is 2. The number of methoxy groups -OCH3 is 1. The van der Waals surface area contributed by atoms with Gasteiger partial charge in [0.15, 0.2) is 11.6 Å². The van der Waals surface area contributed by atoms with Crippen LogP contribution in [0.25, 0.3) is 0 Å². The predicted molar refractivity (Wildman–Crippen MR) is 138 cm³/mol. The van der Waals surface area contributed by atoms with Crippen LogP contribution in [0.1, 0.15) is 61.8 Å². The number of nitrogens with zero attached hydrogens (tertiary/aromatic N) is 2. The molecular weight excluding hydrogens is 483 g/mol. The predicted octanol–water partition coefficient (Wildman–Crippen LogP) is 5.38. The third-order valence-electron chi connectivity index (χ3n) is 5.22. The van der Waals surface area contributed by atoms with Crippen LogP contribution in [0.15, 0.2) is 24.3 Å². The van der Waals surface area contributed by atoms with Crippen molar-refractivity contribution in [2.75, 3.05) is 20.3 Å². The van der Waals surface area contributed by atoms with Gasteiger partial charge in [0.05, 0.1) is 25.8 Å². The summed E-state index contributed by atoms with van der Waals surface area (Å²) in [5.74, 6) is -2.17. The number of benzene rings is 1. The van der Waals surface area contributed by atoms with E-state index in [0.29, 0.717) is 17.9 Å². The normalized spacial score (nSPS) is 12.8. The third-order valence-corrected chi connectivity index (χ3v) is 6.92. The highest BCUT2D eigenvalue weighted by Gasteiger charge is 2.28. The summed E-state index contributed by atoms with van der Waals surface area (Å²) in [6.07, 6.45) is -0.0984. The minimum absolute atomic E-state index is 0.0504. The first-order valence-corrected chi connectivity index (χ1v) is 15.8. The van der Waals surface area contributed by atoms with Crippen molar-refractivity contribution in [2.45, 2.75) is 78.1 Å². The van der Waals surface area contributed by atoms with Gasteiger partial charge >= 0.3 is 11.9 Å². The van der Waals surface area contributed by atoms with E-state index in [2.05, 4.69) is 24.7 Å². The van der Waals surface area contributed by atoms with Crippen molar-refractivity contribution >= 4 is 20.0 Å². The first-order chi connectivity index (χ1) is 16.7. The van der Waals surface area contributed by atoms with Crippen molar-refractivity contribution in [3.05, 3.63) is 47.0 Å². The highest BCUT2D eigenvalue weighted by Crippen LogP contribution is 2.32. The molecule has 0 spiro atoms. The number of hydrogen-bond acceptors (Lipinski definition) is 7. The molecule has 8 nitrogen and oxygen atoms in total. The lowest BCUT2D eigenvalue weighted by molar-refractivity contribution is -0.155. The number of esters is 2. The molecule has 36 heavy (non-hydrogen) atoms. The van der Waals surface area contributed by atoms with Crippen molar-refractivity contribution < 1.29 is 32.9 Å². The standard InChI is InChI=1S/C26H39FN2O6Si/c1-9-34-25(31)22-16-21(28-29(22)17-33-12-13-36(6,7)8)19(15-24(30)35-26(2,3)4)18-10-11-23(32-5)20(27)14-18/h10-11,14,16,19H,9,12-13,15,17H2,1-8H3. The van der Waals surface area contributed by atoms with E-state index >= 15 is 0 Å². The van der Waals surface area contributed by atoms with Gasteiger partial charge in [-0.3, -0.25) is 4.79 Å². The van der Waals surface area contributed by atoms with E-state index in [-0.39, 0.29) is 31.2 Å². The molecule has 2 aromatic rings. The summed E-state index contributed by atoms with van der Waals surface area (Å²) in [4.78, 5) is 25.4. The molecule has 0 radical (unpaired) electrons. The summed E-state index contributed by atoms with van der Waals surface area (Å²) < 4.78 is 37.6. The molecule has 0 bridgehead atoms. The van der Waals surface area contributed by atoms with E-state index in [1.165, 1.54) is 23.9 Å². The fraction of sp³-hybridized carbons (Fsp3) is 0.577. The van der Waals surface area contributed by atoms with E-state index in [1.54, 1.807) is 39.8 Å². The van der Waals surface area contributed by atoms with Gasteiger partial charge in [-0.15, -0.1) is 0 Å². The average Bonchev–Trinajstić information content (AvgIpc) is 3.17. The quantitative estimate of drug-likeness (QED) is 0.210. The van der Waals surface area contributed by atoms with Gasteiger partial charge in [-0.25, -0.2) is 13.9 Å². The summed E-state index contributed by atoms with van der Waals surface area (Å²) in [6.45, 7) is 14.6. The number of ether oxygens (including phenoxy) is 4. The minimum atomic E-state index is -1.30. The Kier molecular flexibility index (Phi) is 10.2. The van der Waals surface area contributed by atoms with E-state index in [0.717, 1.165) is 6.04 Å². The molecule has 0 amide bonds. The maximum atomic E-state index is 14.6. The lowest BCUT2D eigenvalue weighted by Gasteiger charge is -2.22. The van der Waals surface area contributed by atoms with Gasteiger partial charge < -0.3 is 18.9 Å². The van der Waals surface area contributed by atoms with Crippen LogP contribution in [0.2, 0.25) is 25.7 Å². The molecule has 0 fully saturated rings. The van der Waals surface area contributed by atoms with Crippen molar-refractivity contribution in [1.82, 2.24) is 9.78 Å². The van der Waals surface area contributed by atoms with Gasteiger partial charge in [-0.05, 0) is 57.5 Å². The monoisotopic (exact) mass is 522 g/mol. The zero-order valence-electron chi connectivity index (χ0n) is 22.6. The second kappa shape index (κ2) is 12.5. The number of carbonyl (C=O) groups is 2. The zero-order valence-corrected chi connectivity index (χ0v) is 23.6. The summed E-state index contributed by atoms with van der Waals surface area (Å²) in [7, 11) is 0.0855. The molecule has 0 saturated heterocycles. The van der Waals surface area contributed by atoms with E-state index < -0.39 is 37.3 Å². The van der Waals surface area contributed by atoms with E-state index in [4.69, 9.17) is 18.9 Å². The van der Waals surface area contributed by atoms with Gasteiger partial charge in [-0.2, -0.15) is 5.10 Å². The van der Waals surface area contributed by atoms with Crippen LogP contribution in [0.4, 0.5) is 4.39 Å². The second-order valence-corrected chi connectivity index (χ2v) is 16.4. The van der Waals surface area contributed by atoms with Crippen molar-refractivity contribution in [3.8, 4) is 5.75 Å². The van der Waals surface area contributed by atoms with Crippen molar-refractivity contribution in [1.29, 1.82) is 0 Å². The molecule has 1 unspecified atom stereocenters. The Morgan fingerprint density at radius 3 is 2.42 bits per heavy atom. The number of carbonyl (C=O) groups excluding carboxylic acids is 2. The highest BCUT2D eigenvalue weighted by molar-refractivity contribution is 6.76. The molecular formula is C26H39FN2O6Si. The molecule has 200 valence electrons. The Morgan fingerprint density at radius 2 is 1.86 bits per heavy atom. The molecule has 1 atom stereocenters. The van der Waals surface area contributed by atoms with Crippen molar-refractivity contribution in [3.63, 3.8) is 0 Å². The lowest BCUT2D eigenvalue weighted by atomic mass is 9.92. The molecule has 0 aliphatic heterocycles. The Balaban J connectivity index is 2.45. The van der Waals surface area contributed by atoms with Gasteiger partial charge in [0, 0.05) is 20.6 Å². The van der Waals surface area contributed by atoms with Gasteiger partial charge in [0.25, 0.3) is 0 Å². The molecule has 1 heterocycles. The molecule has 1 aromatic heterocycles. The van der Waals surface area contributed by atoms with Gasteiger partial charge in [0.2, 0.25) is 0 Å². The largest absolute Gasteiger partial charge is 0.494 e. The van der Waals surface area contributed by atoms with Crippen LogP contribution >= 0.6 is 0 Å². The molecule has 1 aromatic carbocycles. The van der Waals surface area contributed by atoms with Crippen LogP contribution in [0.3, 0.4) is 0 Å². The van der Waals surface area contributed by atoms with Crippen LogP contribution in [0, 0.1) is 5.82 Å². The SMILES string of the molecule is CCOC(=O)c1cc(C(CC(=O)OC(C)(C)C)c2ccc(OC)c(F)c2)nn1COCC[Si](C)(C)C. The van der Waals surface area contributed by atoms with Crippen LogP contribution in [-0.4, -0.2) is 55.7 Å². The Labute approximate surface area is 214 Å². The summed E-state index contributed by atoms with van der Waals surface area (Å²) in [5, 5.41) is 4.59. The third kappa shape index (κ3) is 9.05. The van der Waals surface area contributed by atoms with Crippen LogP contribution < -0.4 is 4.74 Å². The molecule has 0 aliphatic carbocycles. The second-order valence-electron chi connectivity index (χ2n) is 10.8. The Hall–Kier alpha value is -2.72. The first kappa shape index (κ1) is 29.5. The molecule has 0 N–H and O–H groups in total. The van der Waals surface area contributed by atoms with Crippen molar-refractivity contribution in [2.24, 2.45) is 0 Å².